The van der Waals surface area contributed by atoms with Gasteiger partial charge in [0.1, 0.15) is 5.75 Å². The molecule has 0 heterocycles. The van der Waals surface area contributed by atoms with Gasteiger partial charge < -0.3 is 15.0 Å². The third-order valence-electron chi connectivity index (χ3n) is 3.54. The molecule has 7 heteroatoms. The molecule has 0 spiro atoms. The first-order valence-electron chi connectivity index (χ1n) is 7.59. The highest BCUT2D eigenvalue weighted by molar-refractivity contribution is 6.43. The van der Waals surface area contributed by atoms with E-state index in [-0.39, 0.29) is 29.8 Å². The van der Waals surface area contributed by atoms with Crippen LogP contribution >= 0.6 is 23.2 Å². The SMILES string of the molecule is COc1ccccc1N(CCC(=O)Nc1cccc(Cl)c1Cl)C(C)=O. The minimum Gasteiger partial charge on any atom is -0.495 e. The number of nitrogens with one attached hydrogen (secondary N) is 1. The van der Waals surface area contributed by atoms with E-state index >= 15 is 0 Å². The van der Waals surface area contributed by atoms with Gasteiger partial charge in [-0.3, -0.25) is 9.59 Å². The summed E-state index contributed by atoms with van der Waals surface area (Å²) in [6.07, 6.45) is 0.0977. The summed E-state index contributed by atoms with van der Waals surface area (Å²) in [6.45, 7) is 1.65. The Bertz CT molecular complexity index is 781. The summed E-state index contributed by atoms with van der Waals surface area (Å²) in [6, 6.07) is 12.1. The average Bonchev–Trinajstić information content (AvgIpc) is 2.59. The predicted molar refractivity (Wildman–Crippen MR) is 101 cm³/mol. The number of amides is 2. The lowest BCUT2D eigenvalue weighted by molar-refractivity contribution is -0.117. The minimum atomic E-state index is -0.273. The van der Waals surface area contributed by atoms with Crippen molar-refractivity contribution in [2.75, 3.05) is 23.9 Å². The van der Waals surface area contributed by atoms with Crippen LogP contribution in [0.3, 0.4) is 0 Å². The second-order valence-electron chi connectivity index (χ2n) is 5.24. The highest BCUT2D eigenvalue weighted by Crippen LogP contribution is 2.30. The van der Waals surface area contributed by atoms with Crippen molar-refractivity contribution in [3.8, 4) is 5.75 Å². The number of nitrogens with zero attached hydrogens (tertiary/aromatic N) is 1. The zero-order valence-corrected chi connectivity index (χ0v) is 15.4. The molecule has 2 aromatic rings. The summed E-state index contributed by atoms with van der Waals surface area (Å²) in [5.74, 6) is 0.111. The van der Waals surface area contributed by atoms with E-state index in [0.717, 1.165) is 0 Å². The maximum absolute atomic E-state index is 12.2. The van der Waals surface area contributed by atoms with E-state index in [1.807, 2.05) is 6.07 Å². The molecular formula is C18H18Cl2N2O3. The smallest absolute Gasteiger partial charge is 0.226 e. The summed E-state index contributed by atoms with van der Waals surface area (Å²) in [4.78, 5) is 25.7. The summed E-state index contributed by atoms with van der Waals surface area (Å²) < 4.78 is 5.28. The molecule has 0 unspecified atom stereocenters. The Morgan fingerprint density at radius 2 is 1.84 bits per heavy atom. The van der Waals surface area contributed by atoms with Crippen LogP contribution in [0, 0.1) is 0 Å². The molecule has 0 aliphatic rings. The Balaban J connectivity index is 2.07. The van der Waals surface area contributed by atoms with Crippen LogP contribution in [0.25, 0.3) is 0 Å². The van der Waals surface area contributed by atoms with Crippen molar-refractivity contribution in [2.45, 2.75) is 13.3 Å². The van der Waals surface area contributed by atoms with Crippen molar-refractivity contribution in [1.82, 2.24) is 0 Å². The molecular weight excluding hydrogens is 363 g/mol. The molecule has 0 aliphatic heterocycles. The molecule has 0 aliphatic carbocycles. The van der Waals surface area contributed by atoms with Crippen molar-refractivity contribution >= 4 is 46.4 Å². The van der Waals surface area contributed by atoms with Crippen LogP contribution in [0.1, 0.15) is 13.3 Å². The lowest BCUT2D eigenvalue weighted by Crippen LogP contribution is -2.32. The third kappa shape index (κ3) is 4.87. The molecule has 0 radical (unpaired) electrons. The summed E-state index contributed by atoms with van der Waals surface area (Å²) in [7, 11) is 1.53. The van der Waals surface area contributed by atoms with Crippen LogP contribution in [-0.2, 0) is 9.59 Å². The van der Waals surface area contributed by atoms with Crippen LogP contribution in [-0.4, -0.2) is 25.5 Å². The molecule has 5 nitrogen and oxygen atoms in total. The molecule has 2 rings (SSSR count). The number of methoxy groups -OCH3 is 1. The van der Waals surface area contributed by atoms with Gasteiger partial charge in [-0.1, -0.05) is 41.4 Å². The van der Waals surface area contributed by atoms with E-state index in [9.17, 15) is 9.59 Å². The molecule has 0 bridgehead atoms. The fraction of sp³-hybridized carbons (Fsp3) is 0.222. The van der Waals surface area contributed by atoms with Gasteiger partial charge in [0.2, 0.25) is 11.8 Å². The highest BCUT2D eigenvalue weighted by atomic mass is 35.5. The number of rotatable bonds is 6. The van der Waals surface area contributed by atoms with Crippen LogP contribution in [0.4, 0.5) is 11.4 Å². The van der Waals surface area contributed by atoms with Crippen molar-refractivity contribution < 1.29 is 14.3 Å². The largest absolute Gasteiger partial charge is 0.495 e. The molecule has 0 aromatic heterocycles. The summed E-state index contributed by atoms with van der Waals surface area (Å²) >= 11 is 12.0. The van der Waals surface area contributed by atoms with Crippen LogP contribution in [0.2, 0.25) is 10.0 Å². The van der Waals surface area contributed by atoms with Gasteiger partial charge in [0.25, 0.3) is 0 Å². The Morgan fingerprint density at radius 3 is 2.52 bits per heavy atom. The van der Waals surface area contributed by atoms with Gasteiger partial charge in [-0.05, 0) is 24.3 Å². The third-order valence-corrected chi connectivity index (χ3v) is 4.36. The Kier molecular flexibility index (Phi) is 6.67. The molecule has 1 N–H and O–H groups in total. The van der Waals surface area contributed by atoms with Gasteiger partial charge in [-0.2, -0.15) is 0 Å². The number of hydrogen-bond acceptors (Lipinski definition) is 3. The number of hydrogen-bond donors (Lipinski definition) is 1. The number of anilines is 2. The van der Waals surface area contributed by atoms with Gasteiger partial charge >= 0.3 is 0 Å². The van der Waals surface area contributed by atoms with Gasteiger partial charge in [0, 0.05) is 19.9 Å². The quantitative estimate of drug-likeness (QED) is 0.808. The second-order valence-corrected chi connectivity index (χ2v) is 6.03. The van der Waals surface area contributed by atoms with Crippen molar-refractivity contribution in [1.29, 1.82) is 0 Å². The number of para-hydroxylation sites is 2. The number of carbonyl (C=O) groups excluding carboxylic acids is 2. The van der Waals surface area contributed by atoms with Crippen LogP contribution in [0.15, 0.2) is 42.5 Å². The molecule has 0 saturated heterocycles. The van der Waals surface area contributed by atoms with Crippen molar-refractivity contribution in [3.05, 3.63) is 52.5 Å². The fourth-order valence-corrected chi connectivity index (χ4v) is 2.67. The summed E-state index contributed by atoms with van der Waals surface area (Å²) in [5, 5.41) is 3.34. The Morgan fingerprint density at radius 1 is 1.12 bits per heavy atom. The minimum absolute atomic E-state index is 0.0977. The Labute approximate surface area is 156 Å². The fourth-order valence-electron chi connectivity index (χ4n) is 2.33. The van der Waals surface area contributed by atoms with Gasteiger partial charge in [-0.25, -0.2) is 0 Å². The number of ether oxygens (including phenoxy) is 1. The lowest BCUT2D eigenvalue weighted by atomic mass is 10.2. The molecule has 2 aromatic carbocycles. The monoisotopic (exact) mass is 380 g/mol. The summed E-state index contributed by atoms with van der Waals surface area (Å²) in [5.41, 5.74) is 1.05. The van der Waals surface area contributed by atoms with E-state index in [0.29, 0.717) is 22.1 Å². The number of carbonyl (C=O) groups is 2. The van der Waals surface area contributed by atoms with Crippen LogP contribution < -0.4 is 15.0 Å². The second kappa shape index (κ2) is 8.74. The van der Waals surface area contributed by atoms with Crippen molar-refractivity contribution in [3.63, 3.8) is 0 Å². The molecule has 0 atom stereocenters. The van der Waals surface area contributed by atoms with Gasteiger partial charge in [0.15, 0.2) is 0 Å². The zero-order valence-electron chi connectivity index (χ0n) is 13.9. The topological polar surface area (TPSA) is 58.6 Å². The highest BCUT2D eigenvalue weighted by Gasteiger charge is 2.17. The maximum atomic E-state index is 12.2. The number of benzene rings is 2. The van der Waals surface area contributed by atoms with Gasteiger partial charge in [-0.15, -0.1) is 0 Å². The van der Waals surface area contributed by atoms with E-state index in [1.165, 1.54) is 18.9 Å². The van der Waals surface area contributed by atoms with E-state index < -0.39 is 0 Å². The molecule has 25 heavy (non-hydrogen) atoms. The average molecular weight is 381 g/mol. The predicted octanol–water partition coefficient (Wildman–Crippen LogP) is 4.38. The first-order chi connectivity index (χ1) is 11.9. The first kappa shape index (κ1) is 19.1. The van der Waals surface area contributed by atoms with Crippen LogP contribution in [0.5, 0.6) is 5.75 Å². The Hall–Kier alpha value is -2.24. The first-order valence-corrected chi connectivity index (χ1v) is 8.34. The van der Waals surface area contributed by atoms with E-state index in [2.05, 4.69) is 5.32 Å². The molecule has 0 fully saturated rings. The zero-order chi connectivity index (χ0) is 18.4. The molecule has 0 saturated carbocycles. The number of halogens is 2. The van der Waals surface area contributed by atoms with E-state index in [1.54, 1.807) is 36.4 Å². The van der Waals surface area contributed by atoms with Crippen molar-refractivity contribution in [2.24, 2.45) is 0 Å². The molecule has 132 valence electrons. The maximum Gasteiger partial charge on any atom is 0.226 e. The standard InChI is InChI=1S/C18H18Cl2N2O3/c1-12(23)22(15-8-3-4-9-16(15)25-2)11-10-17(24)21-14-7-5-6-13(19)18(14)20/h3-9H,10-11H2,1-2H3,(H,21,24). The van der Waals surface area contributed by atoms with Gasteiger partial charge in [0.05, 0.1) is 28.5 Å². The normalized spacial score (nSPS) is 10.2. The molecule has 2 amide bonds. The van der Waals surface area contributed by atoms with E-state index in [4.69, 9.17) is 27.9 Å². The lowest BCUT2D eigenvalue weighted by Gasteiger charge is -2.23.